The summed E-state index contributed by atoms with van der Waals surface area (Å²) in [5.41, 5.74) is 4.28. The predicted octanol–water partition coefficient (Wildman–Crippen LogP) is 3.72. The molecule has 1 aromatic rings. The SMILES string of the molecule is CC(C)c1ccc2nc(SCc3cnc[nH]3)nc-2cc1. The Kier molecular flexibility index (Phi) is 3.69. The number of hydrogen-bond acceptors (Lipinski definition) is 4. The summed E-state index contributed by atoms with van der Waals surface area (Å²) < 4.78 is 0. The number of thioether (sulfide) groups is 1. The largest absolute Gasteiger partial charge is 0.348 e. The summed E-state index contributed by atoms with van der Waals surface area (Å²) in [5, 5.41) is 0.812. The van der Waals surface area contributed by atoms with Gasteiger partial charge >= 0.3 is 0 Å². The lowest BCUT2D eigenvalue weighted by molar-refractivity contribution is 0.868. The van der Waals surface area contributed by atoms with E-state index in [9.17, 15) is 0 Å². The molecule has 0 spiro atoms. The van der Waals surface area contributed by atoms with Gasteiger partial charge in [-0.15, -0.1) is 0 Å². The lowest BCUT2D eigenvalue weighted by Gasteiger charge is -1.99. The van der Waals surface area contributed by atoms with E-state index in [-0.39, 0.29) is 0 Å². The van der Waals surface area contributed by atoms with Gasteiger partial charge in [0.1, 0.15) is 0 Å². The fourth-order valence-corrected chi connectivity index (χ4v) is 2.72. The Morgan fingerprint density at radius 3 is 2.35 bits per heavy atom. The van der Waals surface area contributed by atoms with Crippen LogP contribution in [0.1, 0.15) is 31.0 Å². The van der Waals surface area contributed by atoms with Crippen molar-refractivity contribution in [1.82, 2.24) is 19.9 Å². The van der Waals surface area contributed by atoms with Crippen LogP contribution in [0.25, 0.3) is 11.4 Å². The second-order valence-corrected chi connectivity index (χ2v) is 5.91. The monoisotopic (exact) mass is 284 g/mol. The van der Waals surface area contributed by atoms with Crippen LogP contribution in [0, 0.1) is 0 Å². The first-order valence-electron chi connectivity index (χ1n) is 6.60. The molecular weight excluding hydrogens is 268 g/mol. The summed E-state index contributed by atoms with van der Waals surface area (Å²) in [4.78, 5) is 16.2. The van der Waals surface area contributed by atoms with Gasteiger partial charge in [-0.1, -0.05) is 37.7 Å². The molecule has 1 aliphatic heterocycles. The Labute approximate surface area is 122 Å². The Balaban J connectivity index is 1.81. The highest BCUT2D eigenvalue weighted by Crippen LogP contribution is 2.26. The van der Waals surface area contributed by atoms with Crippen molar-refractivity contribution in [1.29, 1.82) is 0 Å². The average Bonchev–Trinajstić information content (AvgIpc) is 3.02. The number of fused-ring (bicyclic) bond motifs is 1. The molecule has 0 fully saturated rings. The zero-order chi connectivity index (χ0) is 13.9. The second-order valence-electron chi connectivity index (χ2n) is 4.96. The predicted molar refractivity (Wildman–Crippen MR) is 80.9 cm³/mol. The van der Waals surface area contributed by atoms with Crippen LogP contribution in [0.5, 0.6) is 0 Å². The van der Waals surface area contributed by atoms with E-state index in [0.29, 0.717) is 5.92 Å². The summed E-state index contributed by atoms with van der Waals surface area (Å²) in [6.45, 7) is 4.37. The molecule has 2 aliphatic rings. The molecule has 3 rings (SSSR count). The van der Waals surface area contributed by atoms with Gasteiger partial charge in [0, 0.05) is 17.6 Å². The van der Waals surface area contributed by atoms with Gasteiger partial charge in [-0.2, -0.15) is 0 Å². The molecule has 5 heteroatoms. The number of imidazole rings is 2. The lowest BCUT2D eigenvalue weighted by atomic mass is 10.1. The molecule has 0 saturated heterocycles. The third-order valence-electron chi connectivity index (χ3n) is 3.14. The Bertz CT molecular complexity index is 630. The maximum absolute atomic E-state index is 4.57. The standard InChI is InChI=1S/C15H16N4S/c1-10(2)11-3-5-13-14(6-4-11)19-15(18-13)20-8-12-7-16-9-17-12/h3-7,9-10H,8H2,1-2H3,(H,16,17). The molecule has 1 aromatic heterocycles. The zero-order valence-corrected chi connectivity index (χ0v) is 12.3. The molecule has 0 bridgehead atoms. The number of aromatic amines is 1. The number of nitrogens with one attached hydrogen (secondary N) is 1. The first-order valence-corrected chi connectivity index (χ1v) is 7.58. The van der Waals surface area contributed by atoms with Crippen molar-refractivity contribution in [2.24, 2.45) is 0 Å². The Morgan fingerprint density at radius 2 is 1.80 bits per heavy atom. The van der Waals surface area contributed by atoms with E-state index >= 15 is 0 Å². The van der Waals surface area contributed by atoms with Crippen molar-refractivity contribution < 1.29 is 0 Å². The van der Waals surface area contributed by atoms with Gasteiger partial charge in [-0.25, -0.2) is 15.0 Å². The summed E-state index contributed by atoms with van der Waals surface area (Å²) in [6.07, 6.45) is 3.51. The normalized spacial score (nSPS) is 11.3. The second kappa shape index (κ2) is 5.63. The van der Waals surface area contributed by atoms with Crippen LogP contribution in [0.15, 0.2) is 41.9 Å². The zero-order valence-electron chi connectivity index (χ0n) is 11.5. The van der Waals surface area contributed by atoms with Crippen molar-refractivity contribution >= 4 is 11.8 Å². The highest BCUT2D eigenvalue weighted by atomic mass is 32.2. The molecule has 0 aromatic carbocycles. The minimum absolute atomic E-state index is 0.515. The van der Waals surface area contributed by atoms with Gasteiger partial charge in [-0.05, 0) is 23.6 Å². The van der Waals surface area contributed by atoms with E-state index in [1.807, 2.05) is 6.20 Å². The third-order valence-corrected chi connectivity index (χ3v) is 4.04. The summed E-state index contributed by atoms with van der Waals surface area (Å²) in [6, 6.07) is 8.37. The van der Waals surface area contributed by atoms with Crippen LogP contribution in [0.3, 0.4) is 0 Å². The molecule has 0 unspecified atom stereocenters. The molecule has 2 heterocycles. The van der Waals surface area contributed by atoms with E-state index in [4.69, 9.17) is 0 Å². The topological polar surface area (TPSA) is 54.5 Å². The summed E-state index contributed by atoms with van der Waals surface area (Å²) in [7, 11) is 0. The van der Waals surface area contributed by atoms with Gasteiger partial charge in [0.05, 0.1) is 17.7 Å². The molecule has 20 heavy (non-hydrogen) atoms. The van der Waals surface area contributed by atoms with Crippen LogP contribution in [-0.4, -0.2) is 19.9 Å². The molecular formula is C15H16N4S. The molecule has 4 nitrogen and oxygen atoms in total. The summed E-state index contributed by atoms with van der Waals surface area (Å²) in [5.74, 6) is 1.32. The smallest absolute Gasteiger partial charge is 0.189 e. The Morgan fingerprint density at radius 1 is 1.10 bits per heavy atom. The minimum Gasteiger partial charge on any atom is -0.348 e. The molecule has 1 N–H and O–H groups in total. The highest BCUT2D eigenvalue weighted by molar-refractivity contribution is 7.98. The van der Waals surface area contributed by atoms with Crippen LogP contribution in [0.4, 0.5) is 0 Å². The highest BCUT2D eigenvalue weighted by Gasteiger charge is 2.10. The van der Waals surface area contributed by atoms with Crippen LogP contribution in [0.2, 0.25) is 0 Å². The molecule has 0 amide bonds. The number of rotatable bonds is 4. The lowest BCUT2D eigenvalue weighted by Crippen LogP contribution is -1.82. The van der Waals surface area contributed by atoms with Gasteiger partial charge in [0.15, 0.2) is 5.16 Å². The number of H-pyrrole nitrogens is 1. The number of hydrogen-bond donors (Lipinski definition) is 1. The molecule has 1 aliphatic carbocycles. The maximum atomic E-state index is 4.57. The van der Waals surface area contributed by atoms with Gasteiger partial charge in [-0.3, -0.25) is 0 Å². The van der Waals surface area contributed by atoms with Crippen LogP contribution >= 0.6 is 11.8 Å². The molecule has 0 radical (unpaired) electrons. The molecule has 0 saturated carbocycles. The first-order chi connectivity index (χ1) is 9.72. The van der Waals surface area contributed by atoms with Gasteiger partial charge in [0.2, 0.25) is 0 Å². The summed E-state index contributed by atoms with van der Waals surface area (Å²) >= 11 is 1.62. The van der Waals surface area contributed by atoms with E-state index in [0.717, 1.165) is 28.0 Å². The number of aromatic nitrogens is 4. The maximum Gasteiger partial charge on any atom is 0.189 e. The van der Waals surface area contributed by atoms with Crippen LogP contribution < -0.4 is 0 Å². The van der Waals surface area contributed by atoms with Crippen molar-refractivity contribution in [2.75, 3.05) is 0 Å². The van der Waals surface area contributed by atoms with E-state index in [1.165, 1.54) is 5.56 Å². The van der Waals surface area contributed by atoms with Crippen molar-refractivity contribution in [3.63, 3.8) is 0 Å². The fourth-order valence-electron chi connectivity index (χ4n) is 1.95. The van der Waals surface area contributed by atoms with E-state index in [1.54, 1.807) is 18.1 Å². The third kappa shape index (κ3) is 2.82. The molecule has 0 atom stereocenters. The van der Waals surface area contributed by atoms with E-state index < -0.39 is 0 Å². The van der Waals surface area contributed by atoms with Crippen molar-refractivity contribution in [2.45, 2.75) is 30.7 Å². The average molecular weight is 284 g/mol. The number of nitrogens with zero attached hydrogens (tertiary/aromatic N) is 3. The fraction of sp³-hybridized carbons (Fsp3) is 0.267. The van der Waals surface area contributed by atoms with Crippen molar-refractivity contribution in [3.05, 3.63) is 48.0 Å². The van der Waals surface area contributed by atoms with Crippen molar-refractivity contribution in [3.8, 4) is 11.4 Å². The quantitative estimate of drug-likeness (QED) is 0.742. The van der Waals surface area contributed by atoms with E-state index in [2.05, 4.69) is 58.0 Å². The van der Waals surface area contributed by atoms with Gasteiger partial charge in [0.25, 0.3) is 0 Å². The van der Waals surface area contributed by atoms with Gasteiger partial charge < -0.3 is 4.98 Å². The Hall–Kier alpha value is -1.88. The van der Waals surface area contributed by atoms with Crippen LogP contribution in [-0.2, 0) is 5.75 Å². The first kappa shape index (κ1) is 13.1. The molecule has 102 valence electrons. The minimum atomic E-state index is 0.515.